The number of fused-ring (bicyclic) bond motifs is 1. The van der Waals surface area contributed by atoms with Gasteiger partial charge in [0.15, 0.2) is 11.5 Å². The summed E-state index contributed by atoms with van der Waals surface area (Å²) in [7, 11) is 6.33. The number of rotatable bonds is 6. The molecule has 0 amide bonds. The summed E-state index contributed by atoms with van der Waals surface area (Å²) in [6, 6.07) is 9.38. The smallest absolute Gasteiger partial charge is 0.205 e. The van der Waals surface area contributed by atoms with E-state index in [0.29, 0.717) is 28.6 Å². The largest absolute Gasteiger partial charge is 0.497 e. The lowest BCUT2D eigenvalue weighted by Crippen LogP contribution is -2.00. The van der Waals surface area contributed by atoms with Crippen molar-refractivity contribution < 1.29 is 18.9 Å². The molecule has 1 N–H and O–H groups in total. The van der Waals surface area contributed by atoms with Crippen molar-refractivity contribution in [3.8, 4) is 23.0 Å². The van der Waals surface area contributed by atoms with E-state index in [1.807, 2.05) is 30.3 Å². The van der Waals surface area contributed by atoms with E-state index in [1.165, 1.54) is 6.33 Å². The fourth-order valence-electron chi connectivity index (χ4n) is 2.57. The van der Waals surface area contributed by atoms with Crippen LogP contribution in [0, 0.1) is 0 Å². The maximum atomic E-state index is 5.49. The molecule has 0 aliphatic carbocycles. The quantitative estimate of drug-likeness (QED) is 0.736. The van der Waals surface area contributed by atoms with E-state index in [2.05, 4.69) is 15.3 Å². The van der Waals surface area contributed by atoms with Crippen LogP contribution in [0.4, 0.5) is 11.5 Å². The van der Waals surface area contributed by atoms with Gasteiger partial charge in [-0.3, -0.25) is 0 Å². The van der Waals surface area contributed by atoms with E-state index in [1.54, 1.807) is 28.4 Å². The molecule has 0 aliphatic rings. The number of ether oxygens (including phenoxy) is 4. The second-order valence-corrected chi connectivity index (χ2v) is 5.12. The zero-order valence-corrected chi connectivity index (χ0v) is 14.5. The van der Waals surface area contributed by atoms with Crippen LogP contribution in [0.2, 0.25) is 0 Å². The average Bonchev–Trinajstić information content (AvgIpc) is 2.67. The molecule has 130 valence electrons. The fourth-order valence-corrected chi connectivity index (χ4v) is 2.57. The Balaban J connectivity index is 2.12. The highest BCUT2D eigenvalue weighted by Crippen LogP contribution is 2.44. The minimum atomic E-state index is 0.492. The molecule has 0 aliphatic heterocycles. The predicted octanol–water partition coefficient (Wildman–Crippen LogP) is 3.41. The van der Waals surface area contributed by atoms with Crippen molar-refractivity contribution in [1.82, 2.24) is 9.97 Å². The zero-order valence-electron chi connectivity index (χ0n) is 14.5. The number of methoxy groups -OCH3 is 4. The van der Waals surface area contributed by atoms with E-state index in [-0.39, 0.29) is 0 Å². The van der Waals surface area contributed by atoms with Gasteiger partial charge in [0.25, 0.3) is 0 Å². The van der Waals surface area contributed by atoms with Crippen molar-refractivity contribution >= 4 is 22.4 Å². The van der Waals surface area contributed by atoms with Crippen LogP contribution in [0.3, 0.4) is 0 Å². The Morgan fingerprint density at radius 2 is 1.52 bits per heavy atom. The van der Waals surface area contributed by atoms with E-state index in [9.17, 15) is 0 Å². The molecular weight excluding hydrogens is 322 g/mol. The highest BCUT2D eigenvalue weighted by Gasteiger charge is 2.19. The molecule has 7 nitrogen and oxygen atoms in total. The van der Waals surface area contributed by atoms with E-state index in [4.69, 9.17) is 18.9 Å². The second-order valence-electron chi connectivity index (χ2n) is 5.12. The van der Waals surface area contributed by atoms with Crippen molar-refractivity contribution in [1.29, 1.82) is 0 Å². The Hall–Kier alpha value is -3.22. The van der Waals surface area contributed by atoms with Gasteiger partial charge >= 0.3 is 0 Å². The lowest BCUT2D eigenvalue weighted by molar-refractivity contribution is 0.327. The molecule has 1 heterocycles. The first kappa shape index (κ1) is 16.6. The third-order valence-corrected chi connectivity index (χ3v) is 3.79. The molecule has 1 aromatic heterocycles. The Morgan fingerprint density at radius 1 is 0.800 bits per heavy atom. The highest BCUT2D eigenvalue weighted by atomic mass is 16.5. The first-order valence-electron chi connectivity index (χ1n) is 7.56. The minimum Gasteiger partial charge on any atom is -0.497 e. The number of aromatic nitrogens is 2. The van der Waals surface area contributed by atoms with Crippen LogP contribution in [-0.2, 0) is 0 Å². The third-order valence-electron chi connectivity index (χ3n) is 3.79. The number of nitrogens with zero attached hydrogens (tertiary/aromatic N) is 2. The van der Waals surface area contributed by atoms with Gasteiger partial charge < -0.3 is 24.3 Å². The molecule has 2 aromatic carbocycles. The van der Waals surface area contributed by atoms with Crippen LogP contribution in [0.25, 0.3) is 10.9 Å². The molecular formula is C18H19N3O4. The van der Waals surface area contributed by atoms with Crippen LogP contribution in [0.5, 0.6) is 23.0 Å². The first-order chi connectivity index (χ1) is 12.2. The molecule has 0 unspecified atom stereocenters. The SMILES string of the molecule is COc1ccc(Nc2ncnc3c(OC)c(OC)c(OC)cc23)cc1. The first-order valence-corrected chi connectivity index (χ1v) is 7.56. The molecule has 3 aromatic rings. The zero-order chi connectivity index (χ0) is 17.8. The Bertz CT molecular complexity index is 882. The van der Waals surface area contributed by atoms with Gasteiger partial charge in [-0.05, 0) is 30.3 Å². The van der Waals surface area contributed by atoms with Gasteiger partial charge in [0.05, 0.1) is 33.8 Å². The summed E-state index contributed by atoms with van der Waals surface area (Å²) in [5.74, 6) is 2.95. The molecule has 0 atom stereocenters. The van der Waals surface area contributed by atoms with Gasteiger partial charge in [0.1, 0.15) is 23.4 Å². The van der Waals surface area contributed by atoms with Crippen LogP contribution >= 0.6 is 0 Å². The molecule has 3 rings (SSSR count). The number of anilines is 2. The van der Waals surface area contributed by atoms with Crippen LogP contribution in [-0.4, -0.2) is 38.4 Å². The summed E-state index contributed by atoms with van der Waals surface area (Å²) in [5.41, 5.74) is 1.50. The number of nitrogens with one attached hydrogen (secondary N) is 1. The summed E-state index contributed by atoms with van der Waals surface area (Å²) >= 11 is 0. The lowest BCUT2D eigenvalue weighted by atomic mass is 10.1. The standard InChI is InChI=1S/C18H19N3O4/c1-22-12-7-5-11(6-8-12)21-18-13-9-14(23-2)16(24-3)17(25-4)15(13)19-10-20-18/h5-10H,1-4H3,(H,19,20,21). The second kappa shape index (κ2) is 7.12. The van der Waals surface area contributed by atoms with Gasteiger partial charge in [0.2, 0.25) is 5.75 Å². The van der Waals surface area contributed by atoms with Crippen molar-refractivity contribution in [2.75, 3.05) is 33.8 Å². The van der Waals surface area contributed by atoms with E-state index < -0.39 is 0 Å². The number of hydrogen-bond acceptors (Lipinski definition) is 7. The summed E-state index contributed by atoms with van der Waals surface area (Å²) in [5, 5.41) is 4.04. The monoisotopic (exact) mass is 341 g/mol. The highest BCUT2D eigenvalue weighted by molar-refractivity contribution is 5.97. The molecule has 0 saturated heterocycles. The molecule has 7 heteroatoms. The van der Waals surface area contributed by atoms with E-state index in [0.717, 1.165) is 16.8 Å². The van der Waals surface area contributed by atoms with Crippen molar-refractivity contribution in [3.63, 3.8) is 0 Å². The summed E-state index contributed by atoms with van der Waals surface area (Å²) in [6.07, 6.45) is 1.47. The van der Waals surface area contributed by atoms with Gasteiger partial charge in [0, 0.05) is 5.69 Å². The topological polar surface area (TPSA) is 74.7 Å². The van der Waals surface area contributed by atoms with Crippen LogP contribution in [0.1, 0.15) is 0 Å². The van der Waals surface area contributed by atoms with Crippen molar-refractivity contribution in [2.45, 2.75) is 0 Å². The Kier molecular flexibility index (Phi) is 4.74. The van der Waals surface area contributed by atoms with Crippen LogP contribution < -0.4 is 24.3 Å². The van der Waals surface area contributed by atoms with Crippen molar-refractivity contribution in [3.05, 3.63) is 36.7 Å². The summed E-state index contributed by atoms with van der Waals surface area (Å²) < 4.78 is 21.5. The van der Waals surface area contributed by atoms with Gasteiger partial charge in [-0.15, -0.1) is 0 Å². The predicted molar refractivity (Wildman–Crippen MR) is 95.5 cm³/mol. The van der Waals surface area contributed by atoms with Gasteiger partial charge in [-0.25, -0.2) is 9.97 Å². The lowest BCUT2D eigenvalue weighted by Gasteiger charge is -2.16. The maximum Gasteiger partial charge on any atom is 0.205 e. The molecule has 0 fully saturated rings. The molecule has 0 bridgehead atoms. The van der Waals surface area contributed by atoms with E-state index >= 15 is 0 Å². The summed E-state index contributed by atoms with van der Waals surface area (Å²) in [6.45, 7) is 0. The molecule has 25 heavy (non-hydrogen) atoms. The normalized spacial score (nSPS) is 10.4. The van der Waals surface area contributed by atoms with Gasteiger partial charge in [-0.1, -0.05) is 0 Å². The Morgan fingerprint density at radius 3 is 2.12 bits per heavy atom. The third kappa shape index (κ3) is 3.08. The molecule has 0 radical (unpaired) electrons. The average molecular weight is 341 g/mol. The Labute approximate surface area is 145 Å². The number of benzene rings is 2. The molecule has 0 saturated carbocycles. The fraction of sp³-hybridized carbons (Fsp3) is 0.222. The molecule has 0 spiro atoms. The minimum absolute atomic E-state index is 0.492. The number of hydrogen-bond donors (Lipinski definition) is 1. The summed E-state index contributed by atoms with van der Waals surface area (Å²) in [4.78, 5) is 8.68. The van der Waals surface area contributed by atoms with Crippen molar-refractivity contribution in [2.24, 2.45) is 0 Å². The van der Waals surface area contributed by atoms with Gasteiger partial charge in [-0.2, -0.15) is 0 Å². The maximum absolute atomic E-state index is 5.49. The van der Waals surface area contributed by atoms with Crippen LogP contribution in [0.15, 0.2) is 36.7 Å².